The van der Waals surface area contributed by atoms with Gasteiger partial charge >= 0.3 is 0 Å². The van der Waals surface area contributed by atoms with Crippen molar-refractivity contribution in [1.29, 1.82) is 0 Å². The molecule has 0 aliphatic carbocycles. The zero-order valence-corrected chi connectivity index (χ0v) is 9.32. The van der Waals surface area contributed by atoms with Gasteiger partial charge in [-0.15, -0.1) is 0 Å². The van der Waals surface area contributed by atoms with Crippen LogP contribution in [0, 0.1) is 0 Å². The fourth-order valence-electron chi connectivity index (χ4n) is 1.50. The molecular formula is C10H20N4. The molecule has 0 saturated carbocycles. The molecule has 4 heteroatoms. The first-order valence-electron chi connectivity index (χ1n) is 5.34. The Balaban J connectivity index is 2.31. The zero-order valence-electron chi connectivity index (χ0n) is 9.32. The summed E-state index contributed by atoms with van der Waals surface area (Å²) < 4.78 is 1.73. The number of aromatic nitrogens is 3. The summed E-state index contributed by atoms with van der Waals surface area (Å²) in [7, 11) is 1.89. The summed E-state index contributed by atoms with van der Waals surface area (Å²) in [6.45, 7) is 5.20. The smallest absolute Gasteiger partial charge is 0.164 e. The molecule has 1 N–H and O–H groups in total. The first-order chi connectivity index (χ1) is 6.76. The van der Waals surface area contributed by atoms with Crippen molar-refractivity contribution in [2.75, 3.05) is 0 Å². The van der Waals surface area contributed by atoms with Gasteiger partial charge in [-0.3, -0.25) is 4.68 Å². The van der Waals surface area contributed by atoms with E-state index in [1.165, 1.54) is 19.3 Å². The van der Waals surface area contributed by atoms with Crippen molar-refractivity contribution in [3.05, 3.63) is 12.2 Å². The van der Waals surface area contributed by atoms with E-state index in [-0.39, 0.29) is 0 Å². The van der Waals surface area contributed by atoms with Crippen molar-refractivity contribution >= 4 is 0 Å². The van der Waals surface area contributed by atoms with Gasteiger partial charge in [0.05, 0.1) is 6.54 Å². The van der Waals surface area contributed by atoms with E-state index < -0.39 is 0 Å². The molecule has 0 aliphatic rings. The molecule has 4 nitrogen and oxygen atoms in total. The molecule has 14 heavy (non-hydrogen) atoms. The summed E-state index contributed by atoms with van der Waals surface area (Å²) in [6.07, 6.45) is 5.35. The minimum atomic E-state index is 0.601. The molecule has 1 unspecified atom stereocenters. The number of nitrogens with zero attached hydrogens (tertiary/aromatic N) is 3. The van der Waals surface area contributed by atoms with Crippen LogP contribution in [0.5, 0.6) is 0 Å². The van der Waals surface area contributed by atoms with E-state index in [2.05, 4.69) is 29.2 Å². The summed E-state index contributed by atoms with van der Waals surface area (Å²) >= 11 is 0. The Kier molecular flexibility index (Phi) is 4.59. The first-order valence-corrected chi connectivity index (χ1v) is 5.34. The van der Waals surface area contributed by atoms with Gasteiger partial charge in [0.1, 0.15) is 6.33 Å². The monoisotopic (exact) mass is 196 g/mol. The van der Waals surface area contributed by atoms with E-state index in [1.807, 2.05) is 7.05 Å². The highest BCUT2D eigenvalue weighted by Crippen LogP contribution is 2.01. The molecule has 1 rings (SSSR count). The molecular weight excluding hydrogens is 176 g/mol. The highest BCUT2D eigenvalue weighted by Gasteiger charge is 2.05. The summed E-state index contributed by atoms with van der Waals surface area (Å²) in [5.41, 5.74) is 0. The largest absolute Gasteiger partial charge is 0.307 e. The molecule has 0 saturated heterocycles. The maximum atomic E-state index is 4.22. The number of rotatable bonds is 6. The third-order valence-electron chi connectivity index (χ3n) is 2.33. The molecule has 1 aromatic heterocycles. The van der Waals surface area contributed by atoms with Crippen LogP contribution in [0.15, 0.2) is 6.33 Å². The average Bonchev–Trinajstić information content (AvgIpc) is 2.59. The lowest BCUT2D eigenvalue weighted by molar-refractivity contribution is 0.455. The van der Waals surface area contributed by atoms with Crippen LogP contribution in [0.25, 0.3) is 0 Å². The minimum absolute atomic E-state index is 0.601. The second-order valence-corrected chi connectivity index (χ2v) is 3.61. The summed E-state index contributed by atoms with van der Waals surface area (Å²) in [6, 6.07) is 0.601. The van der Waals surface area contributed by atoms with Crippen LogP contribution in [0.3, 0.4) is 0 Å². The predicted octanol–water partition coefficient (Wildman–Crippen LogP) is 1.48. The highest BCUT2D eigenvalue weighted by atomic mass is 15.3. The van der Waals surface area contributed by atoms with Gasteiger partial charge in [-0.2, -0.15) is 5.10 Å². The van der Waals surface area contributed by atoms with Crippen LogP contribution in [-0.2, 0) is 13.6 Å². The molecule has 1 atom stereocenters. The molecule has 0 aliphatic heterocycles. The molecule has 0 aromatic carbocycles. The van der Waals surface area contributed by atoms with E-state index in [9.17, 15) is 0 Å². The van der Waals surface area contributed by atoms with E-state index in [0.717, 1.165) is 12.4 Å². The lowest BCUT2D eigenvalue weighted by Crippen LogP contribution is -2.28. The lowest BCUT2D eigenvalue weighted by Gasteiger charge is -2.14. The third-order valence-corrected chi connectivity index (χ3v) is 2.33. The van der Waals surface area contributed by atoms with E-state index in [1.54, 1.807) is 11.0 Å². The second-order valence-electron chi connectivity index (χ2n) is 3.61. The molecule has 1 aromatic rings. The van der Waals surface area contributed by atoms with Gasteiger partial charge < -0.3 is 5.32 Å². The van der Waals surface area contributed by atoms with Crippen molar-refractivity contribution in [2.24, 2.45) is 7.05 Å². The van der Waals surface area contributed by atoms with Crippen LogP contribution in [0.4, 0.5) is 0 Å². The molecule has 0 radical (unpaired) electrons. The standard InChI is InChI=1S/C10H20N4/c1-4-6-9(5-2)11-7-10-12-8-14(3)13-10/h8-9,11H,4-7H2,1-3H3. The summed E-state index contributed by atoms with van der Waals surface area (Å²) in [5, 5.41) is 7.68. The number of aryl methyl sites for hydroxylation is 1. The fraction of sp³-hybridized carbons (Fsp3) is 0.800. The summed E-state index contributed by atoms with van der Waals surface area (Å²) in [5.74, 6) is 0.877. The molecule has 0 bridgehead atoms. The van der Waals surface area contributed by atoms with Gasteiger partial charge in [0.2, 0.25) is 0 Å². The maximum Gasteiger partial charge on any atom is 0.164 e. The summed E-state index contributed by atoms with van der Waals surface area (Å²) in [4.78, 5) is 4.17. The van der Waals surface area contributed by atoms with Crippen molar-refractivity contribution < 1.29 is 0 Å². The Labute approximate surface area is 85.7 Å². The Bertz CT molecular complexity index is 256. The van der Waals surface area contributed by atoms with Crippen LogP contribution < -0.4 is 5.32 Å². The maximum absolute atomic E-state index is 4.22. The van der Waals surface area contributed by atoms with Crippen LogP contribution in [-0.4, -0.2) is 20.8 Å². The normalized spacial score (nSPS) is 13.1. The van der Waals surface area contributed by atoms with Crippen LogP contribution >= 0.6 is 0 Å². The van der Waals surface area contributed by atoms with Gasteiger partial charge in [0, 0.05) is 13.1 Å². The Morgan fingerprint density at radius 3 is 2.79 bits per heavy atom. The quantitative estimate of drug-likeness (QED) is 0.749. The Morgan fingerprint density at radius 2 is 2.29 bits per heavy atom. The molecule has 0 spiro atoms. The fourth-order valence-corrected chi connectivity index (χ4v) is 1.50. The van der Waals surface area contributed by atoms with E-state index in [4.69, 9.17) is 0 Å². The first kappa shape index (κ1) is 11.2. The Hall–Kier alpha value is -0.900. The molecule has 0 amide bonds. The topological polar surface area (TPSA) is 42.7 Å². The van der Waals surface area contributed by atoms with Crippen molar-refractivity contribution in [1.82, 2.24) is 20.1 Å². The van der Waals surface area contributed by atoms with Crippen molar-refractivity contribution in [3.8, 4) is 0 Å². The van der Waals surface area contributed by atoms with E-state index in [0.29, 0.717) is 6.04 Å². The SMILES string of the molecule is CCCC(CC)NCc1ncn(C)n1. The zero-order chi connectivity index (χ0) is 10.4. The van der Waals surface area contributed by atoms with Gasteiger partial charge in [0.25, 0.3) is 0 Å². The van der Waals surface area contributed by atoms with Crippen molar-refractivity contribution in [3.63, 3.8) is 0 Å². The third kappa shape index (κ3) is 3.46. The van der Waals surface area contributed by atoms with E-state index >= 15 is 0 Å². The Morgan fingerprint density at radius 1 is 1.50 bits per heavy atom. The van der Waals surface area contributed by atoms with Crippen molar-refractivity contribution in [2.45, 2.75) is 45.7 Å². The minimum Gasteiger partial charge on any atom is -0.307 e. The van der Waals surface area contributed by atoms with Gasteiger partial charge in [-0.05, 0) is 12.8 Å². The number of hydrogen-bond donors (Lipinski definition) is 1. The number of hydrogen-bond acceptors (Lipinski definition) is 3. The van der Waals surface area contributed by atoms with Gasteiger partial charge in [-0.1, -0.05) is 20.3 Å². The molecule has 80 valence electrons. The second kappa shape index (κ2) is 5.75. The predicted molar refractivity (Wildman–Crippen MR) is 56.8 cm³/mol. The number of nitrogens with one attached hydrogen (secondary N) is 1. The lowest BCUT2D eigenvalue weighted by atomic mass is 10.1. The molecule has 0 fully saturated rings. The van der Waals surface area contributed by atoms with Gasteiger partial charge in [0.15, 0.2) is 5.82 Å². The average molecular weight is 196 g/mol. The molecule has 1 heterocycles. The van der Waals surface area contributed by atoms with Gasteiger partial charge in [-0.25, -0.2) is 4.98 Å². The van der Waals surface area contributed by atoms with Crippen LogP contribution in [0.2, 0.25) is 0 Å². The van der Waals surface area contributed by atoms with Crippen LogP contribution in [0.1, 0.15) is 38.9 Å². The highest BCUT2D eigenvalue weighted by molar-refractivity contribution is 4.81.